The van der Waals surface area contributed by atoms with Crippen LogP contribution in [-0.2, 0) is 14.3 Å². The Kier molecular flexibility index (Phi) is 8.07. The molecule has 2 aliphatic heterocycles. The van der Waals surface area contributed by atoms with E-state index in [1.165, 1.54) is 41.5 Å². The number of halogens is 4. The second kappa shape index (κ2) is 11.7. The molecule has 1 N–H and O–H groups in total. The summed E-state index contributed by atoms with van der Waals surface area (Å²) in [4.78, 5) is 34.8. The smallest absolute Gasteiger partial charge is 0.410 e. The van der Waals surface area contributed by atoms with Crippen LogP contribution in [0.5, 0.6) is 0 Å². The summed E-state index contributed by atoms with van der Waals surface area (Å²) in [5, 5.41) is 9.59. The number of rotatable bonds is 9. The van der Waals surface area contributed by atoms with Crippen LogP contribution in [-0.4, -0.2) is 63.9 Å². The zero-order valence-electron chi connectivity index (χ0n) is 20.9. The topological polar surface area (TPSA) is 111 Å². The fourth-order valence-corrected chi connectivity index (χ4v) is 5.29. The second-order valence-electron chi connectivity index (χ2n) is 8.86. The highest BCUT2D eigenvalue weighted by molar-refractivity contribution is 7.11. The van der Waals surface area contributed by atoms with E-state index < -0.39 is 36.6 Å². The Hall–Kier alpha value is -3.91. The van der Waals surface area contributed by atoms with Gasteiger partial charge in [0.1, 0.15) is 18.0 Å². The van der Waals surface area contributed by atoms with E-state index in [2.05, 4.69) is 20.1 Å². The van der Waals surface area contributed by atoms with Gasteiger partial charge in [-0.25, -0.2) is 18.9 Å². The number of thiazole rings is 1. The number of amides is 1. The van der Waals surface area contributed by atoms with Crippen molar-refractivity contribution in [3.63, 3.8) is 0 Å². The molecule has 15 heteroatoms. The van der Waals surface area contributed by atoms with E-state index in [0.29, 0.717) is 32.4 Å². The molecule has 210 valence electrons. The minimum Gasteiger partial charge on any atom is -0.469 e. The third-order valence-electron chi connectivity index (χ3n) is 6.30. The molecular formula is C25H22ClF3N6O4S. The number of esters is 1. The van der Waals surface area contributed by atoms with Crippen molar-refractivity contribution in [1.29, 1.82) is 0 Å². The summed E-state index contributed by atoms with van der Waals surface area (Å²) in [6, 6.07) is 4.32. The molecule has 10 nitrogen and oxygen atoms in total. The van der Waals surface area contributed by atoms with Crippen molar-refractivity contribution in [2.24, 2.45) is 4.99 Å². The Bertz CT molecular complexity index is 1480. The molecule has 0 radical (unpaired) electrons. The summed E-state index contributed by atoms with van der Waals surface area (Å²) in [5.74, 6) is -0.633. The van der Waals surface area contributed by atoms with Crippen LogP contribution < -0.4 is 5.32 Å². The molecule has 3 aromatic rings. The molecule has 0 aliphatic carbocycles. The maximum absolute atomic E-state index is 14.0. The van der Waals surface area contributed by atoms with E-state index in [1.807, 2.05) is 0 Å². The Balaban J connectivity index is 1.57. The van der Waals surface area contributed by atoms with Gasteiger partial charge in [0, 0.05) is 46.1 Å². The van der Waals surface area contributed by atoms with Gasteiger partial charge in [0.15, 0.2) is 10.8 Å². The molecule has 2 aromatic heterocycles. The van der Waals surface area contributed by atoms with Crippen LogP contribution >= 0.6 is 22.9 Å². The summed E-state index contributed by atoms with van der Waals surface area (Å²) in [5.41, 5.74) is 1.33. The number of cyclic esters (lactones) is 1. The van der Waals surface area contributed by atoms with Gasteiger partial charge < -0.3 is 14.8 Å². The number of carbonyl (C=O) groups is 2. The highest BCUT2D eigenvalue weighted by atomic mass is 35.5. The molecule has 1 saturated heterocycles. The number of nitrogens with one attached hydrogen (secondary N) is 1. The third kappa shape index (κ3) is 5.82. The van der Waals surface area contributed by atoms with Crippen molar-refractivity contribution in [3.8, 4) is 0 Å². The fourth-order valence-electron chi connectivity index (χ4n) is 4.43. The summed E-state index contributed by atoms with van der Waals surface area (Å²) in [6.45, 7) is -2.75. The van der Waals surface area contributed by atoms with Gasteiger partial charge >= 0.3 is 18.6 Å². The molecule has 4 heterocycles. The quantitative estimate of drug-likeness (QED) is 0.354. The van der Waals surface area contributed by atoms with Gasteiger partial charge in [0.25, 0.3) is 0 Å². The highest BCUT2D eigenvalue weighted by Crippen LogP contribution is 2.41. The number of hydrogen-bond acceptors (Lipinski definition) is 9. The van der Waals surface area contributed by atoms with Crippen molar-refractivity contribution in [2.45, 2.75) is 31.5 Å². The number of amidine groups is 1. The average Bonchev–Trinajstić information content (AvgIpc) is 3.69. The zero-order valence-corrected chi connectivity index (χ0v) is 22.5. The van der Waals surface area contributed by atoms with Crippen LogP contribution in [0.1, 0.15) is 41.7 Å². The van der Waals surface area contributed by atoms with Gasteiger partial charge in [0.2, 0.25) is 0 Å². The number of nitrogens with zero attached hydrogens (tertiary/aromatic N) is 5. The van der Waals surface area contributed by atoms with Crippen LogP contribution in [0.25, 0.3) is 5.57 Å². The molecule has 40 heavy (non-hydrogen) atoms. The standard InChI is InChI=1S/C25H22ClF3N6O4S/c1-38-19(36)5-3-14-11-34(25(37)39-14)12-18-20(17-6-8-35(33-17)24(28)29)21(15-4-2-13(27)10-16(15)26)32-22(31-18)23-30-7-9-40-23/h2,4,6-10,14,21,24H,3,5,11-12H2,1H3,(H,31,32)/t14-,21+/m1/s1. The number of hydrogen-bond donors (Lipinski definition) is 1. The maximum Gasteiger partial charge on any atom is 0.410 e. The van der Waals surface area contributed by atoms with Crippen molar-refractivity contribution < 1.29 is 32.2 Å². The first-order valence-corrected chi connectivity index (χ1v) is 13.3. The number of benzene rings is 1. The molecule has 2 atom stereocenters. The summed E-state index contributed by atoms with van der Waals surface area (Å²) < 4.78 is 51.5. The molecule has 1 aromatic carbocycles. The molecule has 5 rings (SSSR count). The second-order valence-corrected chi connectivity index (χ2v) is 10.2. The van der Waals surface area contributed by atoms with E-state index in [0.717, 1.165) is 12.3 Å². The number of aromatic nitrogens is 3. The number of carbonyl (C=O) groups excluding carboxylic acids is 2. The summed E-state index contributed by atoms with van der Waals surface area (Å²) in [7, 11) is 1.28. The van der Waals surface area contributed by atoms with E-state index in [-0.39, 0.29) is 36.6 Å². The third-order valence-corrected chi connectivity index (χ3v) is 7.41. The zero-order chi connectivity index (χ0) is 28.4. The molecule has 0 bridgehead atoms. The van der Waals surface area contributed by atoms with E-state index in [4.69, 9.17) is 21.3 Å². The lowest BCUT2D eigenvalue weighted by molar-refractivity contribution is -0.141. The number of aliphatic imine (C=N–C) groups is 1. The van der Waals surface area contributed by atoms with E-state index in [1.54, 1.807) is 11.6 Å². The van der Waals surface area contributed by atoms with Crippen molar-refractivity contribution in [3.05, 3.63) is 74.8 Å². The van der Waals surface area contributed by atoms with Crippen LogP contribution in [0.15, 0.2) is 52.7 Å². The maximum atomic E-state index is 14.0. The Labute approximate surface area is 235 Å². The first-order valence-electron chi connectivity index (χ1n) is 12.0. The SMILES string of the molecule is COC(=O)CC[C@@H]1CN(CC2=C(c3ccn(C(F)F)n3)[C@H](c3ccc(F)cc3Cl)N=C(c3nccs3)N2)C(=O)O1. The Morgan fingerprint density at radius 3 is 2.85 bits per heavy atom. The van der Waals surface area contributed by atoms with Gasteiger partial charge in [-0.15, -0.1) is 11.3 Å². The minimum absolute atomic E-state index is 0.0376. The largest absolute Gasteiger partial charge is 0.469 e. The van der Waals surface area contributed by atoms with Gasteiger partial charge in [-0.3, -0.25) is 14.7 Å². The molecule has 0 saturated carbocycles. The molecule has 0 spiro atoms. The number of ether oxygens (including phenoxy) is 2. The monoisotopic (exact) mass is 594 g/mol. The summed E-state index contributed by atoms with van der Waals surface area (Å²) in [6.07, 6.45) is 1.90. The van der Waals surface area contributed by atoms with Crippen LogP contribution in [0.3, 0.4) is 0 Å². The minimum atomic E-state index is -2.89. The number of methoxy groups -OCH3 is 1. The first-order chi connectivity index (χ1) is 19.2. The van der Waals surface area contributed by atoms with Gasteiger partial charge in [-0.05, 0) is 24.6 Å². The normalized spacial score (nSPS) is 19.1. The van der Waals surface area contributed by atoms with Gasteiger partial charge in [-0.1, -0.05) is 17.7 Å². The van der Waals surface area contributed by atoms with Crippen molar-refractivity contribution in [2.75, 3.05) is 20.2 Å². The van der Waals surface area contributed by atoms with Gasteiger partial charge in [-0.2, -0.15) is 13.9 Å². The van der Waals surface area contributed by atoms with E-state index >= 15 is 0 Å². The van der Waals surface area contributed by atoms with Crippen molar-refractivity contribution >= 4 is 46.4 Å². The molecule has 1 amide bonds. The number of alkyl halides is 2. The van der Waals surface area contributed by atoms with Crippen molar-refractivity contribution in [1.82, 2.24) is 25.0 Å². The fraction of sp³-hybridized carbons (Fsp3) is 0.320. The Morgan fingerprint density at radius 1 is 1.35 bits per heavy atom. The summed E-state index contributed by atoms with van der Waals surface area (Å²) >= 11 is 7.75. The van der Waals surface area contributed by atoms with E-state index in [9.17, 15) is 22.8 Å². The first kappa shape index (κ1) is 27.6. The average molecular weight is 595 g/mol. The molecule has 0 unspecified atom stereocenters. The molecule has 1 fully saturated rings. The lowest BCUT2D eigenvalue weighted by Crippen LogP contribution is -2.38. The molecular weight excluding hydrogens is 573 g/mol. The molecule has 2 aliphatic rings. The predicted molar refractivity (Wildman–Crippen MR) is 139 cm³/mol. The highest BCUT2D eigenvalue weighted by Gasteiger charge is 2.36. The van der Waals surface area contributed by atoms with Crippen LogP contribution in [0.2, 0.25) is 5.02 Å². The van der Waals surface area contributed by atoms with Gasteiger partial charge in [0.05, 0.1) is 25.9 Å². The lowest BCUT2D eigenvalue weighted by atomic mass is 9.93. The van der Waals surface area contributed by atoms with Crippen LogP contribution in [0, 0.1) is 5.82 Å². The van der Waals surface area contributed by atoms with Crippen LogP contribution in [0.4, 0.5) is 18.0 Å². The Morgan fingerprint density at radius 2 is 2.17 bits per heavy atom. The predicted octanol–water partition coefficient (Wildman–Crippen LogP) is 4.80. The lowest BCUT2D eigenvalue weighted by Gasteiger charge is -2.29.